The summed E-state index contributed by atoms with van der Waals surface area (Å²) in [7, 11) is 4.08. The summed E-state index contributed by atoms with van der Waals surface area (Å²) in [6.45, 7) is 3.26. The monoisotopic (exact) mass is 301 g/mol. The molecule has 1 rings (SSSR count). The highest BCUT2D eigenvalue weighted by Crippen LogP contribution is 2.34. The van der Waals surface area contributed by atoms with E-state index < -0.39 is 10.8 Å². The Hall–Kier alpha value is -1.27. The van der Waals surface area contributed by atoms with Crippen LogP contribution in [0.2, 0.25) is 0 Å². The van der Waals surface area contributed by atoms with Gasteiger partial charge in [-0.05, 0) is 6.07 Å². The van der Waals surface area contributed by atoms with Gasteiger partial charge in [0.1, 0.15) is 5.75 Å². The molecule has 114 valence electrons. The number of ether oxygens (including phenoxy) is 3. The van der Waals surface area contributed by atoms with Crippen molar-refractivity contribution >= 4 is 10.8 Å². The molecule has 0 heterocycles. The van der Waals surface area contributed by atoms with Crippen LogP contribution < -0.4 is 19.5 Å². The molecule has 5 nitrogen and oxygen atoms in total. The molecule has 1 atom stereocenters. The largest absolute Gasteiger partial charge is 0.496 e. The molecule has 1 N–H and O–H groups in total. The summed E-state index contributed by atoms with van der Waals surface area (Å²) in [6.07, 6.45) is 0. The molecule has 20 heavy (non-hydrogen) atoms. The fourth-order valence-electron chi connectivity index (χ4n) is 1.78. The molecule has 0 spiro atoms. The zero-order valence-corrected chi connectivity index (χ0v) is 13.3. The molecule has 0 aliphatic heterocycles. The summed E-state index contributed by atoms with van der Waals surface area (Å²) in [5.74, 6) is 3.40. The predicted octanol–water partition coefficient (Wildman–Crippen LogP) is 1.57. The van der Waals surface area contributed by atoms with Gasteiger partial charge >= 0.3 is 0 Å². The summed E-state index contributed by atoms with van der Waals surface area (Å²) >= 11 is 0. The van der Waals surface area contributed by atoms with Gasteiger partial charge in [-0.1, -0.05) is 6.92 Å². The standard InChI is InChI=1S/C14H23NO4S/c1-5-20(16)7-6-15-10-11-8-13(18-3)14(19-4)9-12(11)17-2/h8-9,15H,5-7,10H2,1-4H3. The van der Waals surface area contributed by atoms with Gasteiger partial charge in [-0.2, -0.15) is 0 Å². The van der Waals surface area contributed by atoms with E-state index in [1.165, 1.54) is 0 Å². The molecule has 0 bridgehead atoms. The number of rotatable bonds is 9. The van der Waals surface area contributed by atoms with Crippen LogP contribution >= 0.6 is 0 Å². The first-order chi connectivity index (χ1) is 9.65. The van der Waals surface area contributed by atoms with Gasteiger partial charge in [0.15, 0.2) is 11.5 Å². The van der Waals surface area contributed by atoms with Crippen LogP contribution in [0.3, 0.4) is 0 Å². The smallest absolute Gasteiger partial charge is 0.164 e. The van der Waals surface area contributed by atoms with Crippen molar-refractivity contribution in [3.8, 4) is 17.2 Å². The lowest BCUT2D eigenvalue weighted by Crippen LogP contribution is -2.21. The van der Waals surface area contributed by atoms with Gasteiger partial charge in [0.05, 0.1) is 21.3 Å². The molecule has 0 amide bonds. The lowest BCUT2D eigenvalue weighted by atomic mass is 10.1. The number of hydrogen-bond acceptors (Lipinski definition) is 5. The maximum Gasteiger partial charge on any atom is 0.164 e. The molecular weight excluding hydrogens is 278 g/mol. The third-order valence-corrected chi connectivity index (χ3v) is 4.23. The Morgan fingerprint density at radius 3 is 2.20 bits per heavy atom. The summed E-state index contributed by atoms with van der Waals surface area (Å²) in [4.78, 5) is 0. The Bertz CT molecular complexity index is 451. The number of nitrogens with one attached hydrogen (secondary N) is 1. The third kappa shape index (κ3) is 4.68. The van der Waals surface area contributed by atoms with Crippen LogP contribution in [-0.4, -0.2) is 43.6 Å². The van der Waals surface area contributed by atoms with Crippen molar-refractivity contribution in [3.05, 3.63) is 17.7 Å². The second-order valence-electron chi connectivity index (χ2n) is 4.13. The molecule has 0 aliphatic rings. The van der Waals surface area contributed by atoms with Crippen LogP contribution in [0.15, 0.2) is 12.1 Å². The van der Waals surface area contributed by atoms with Crippen molar-refractivity contribution in [2.75, 3.05) is 39.4 Å². The fourth-order valence-corrected chi connectivity index (χ4v) is 2.44. The van der Waals surface area contributed by atoms with Gasteiger partial charge in [-0.25, -0.2) is 0 Å². The molecule has 0 radical (unpaired) electrons. The Balaban J connectivity index is 2.70. The molecule has 0 fully saturated rings. The Labute approximate surface area is 123 Å². The highest BCUT2D eigenvalue weighted by molar-refractivity contribution is 7.84. The Kier molecular flexibility index (Phi) is 7.40. The van der Waals surface area contributed by atoms with Crippen molar-refractivity contribution < 1.29 is 18.4 Å². The van der Waals surface area contributed by atoms with E-state index >= 15 is 0 Å². The summed E-state index contributed by atoms with van der Waals surface area (Å²) in [5.41, 5.74) is 0.979. The van der Waals surface area contributed by atoms with Gasteiger partial charge in [0.2, 0.25) is 0 Å². The van der Waals surface area contributed by atoms with Crippen molar-refractivity contribution in [1.82, 2.24) is 5.32 Å². The molecule has 6 heteroatoms. The van der Waals surface area contributed by atoms with E-state index in [9.17, 15) is 4.21 Å². The summed E-state index contributed by atoms with van der Waals surface area (Å²) in [6, 6.07) is 3.70. The first kappa shape index (κ1) is 16.8. The second kappa shape index (κ2) is 8.81. The highest BCUT2D eigenvalue weighted by atomic mass is 32.2. The second-order valence-corrected chi connectivity index (χ2v) is 5.99. The zero-order valence-electron chi connectivity index (χ0n) is 12.5. The first-order valence-corrected chi connectivity index (χ1v) is 7.99. The van der Waals surface area contributed by atoms with Gasteiger partial charge in [-0.3, -0.25) is 4.21 Å². The molecule has 1 aromatic carbocycles. The van der Waals surface area contributed by atoms with Crippen LogP contribution in [0, 0.1) is 0 Å². The van der Waals surface area contributed by atoms with Crippen molar-refractivity contribution in [2.24, 2.45) is 0 Å². The van der Waals surface area contributed by atoms with Gasteiger partial charge in [0, 0.05) is 47.0 Å². The highest BCUT2D eigenvalue weighted by Gasteiger charge is 2.11. The van der Waals surface area contributed by atoms with Crippen LogP contribution in [0.5, 0.6) is 17.2 Å². The predicted molar refractivity (Wildman–Crippen MR) is 81.4 cm³/mol. The minimum Gasteiger partial charge on any atom is -0.496 e. The Morgan fingerprint density at radius 1 is 1.05 bits per heavy atom. The molecule has 1 aromatic rings. The third-order valence-electron chi connectivity index (χ3n) is 2.93. The lowest BCUT2D eigenvalue weighted by Gasteiger charge is -2.14. The molecule has 0 aromatic heterocycles. The molecule has 0 aliphatic carbocycles. The van der Waals surface area contributed by atoms with E-state index in [0.717, 1.165) is 11.3 Å². The van der Waals surface area contributed by atoms with Crippen LogP contribution in [-0.2, 0) is 17.3 Å². The normalized spacial score (nSPS) is 12.0. The Morgan fingerprint density at radius 2 is 1.65 bits per heavy atom. The molecule has 1 unspecified atom stereocenters. The van der Waals surface area contributed by atoms with E-state index in [2.05, 4.69) is 5.32 Å². The van der Waals surface area contributed by atoms with Gasteiger partial charge in [0.25, 0.3) is 0 Å². The van der Waals surface area contributed by atoms with E-state index in [1.807, 2.05) is 13.0 Å². The van der Waals surface area contributed by atoms with Crippen molar-refractivity contribution in [1.29, 1.82) is 0 Å². The van der Waals surface area contributed by atoms with Gasteiger partial charge < -0.3 is 19.5 Å². The SMILES string of the molecule is CCS(=O)CCNCc1cc(OC)c(OC)cc1OC. The van der Waals surface area contributed by atoms with E-state index in [4.69, 9.17) is 14.2 Å². The minimum absolute atomic E-state index is 0.629. The van der Waals surface area contributed by atoms with E-state index in [0.29, 0.717) is 36.1 Å². The zero-order chi connectivity index (χ0) is 15.0. The number of benzene rings is 1. The number of methoxy groups -OCH3 is 3. The van der Waals surface area contributed by atoms with Crippen LogP contribution in [0.1, 0.15) is 12.5 Å². The quantitative estimate of drug-likeness (QED) is 0.702. The minimum atomic E-state index is -0.742. The van der Waals surface area contributed by atoms with E-state index in [-0.39, 0.29) is 0 Å². The van der Waals surface area contributed by atoms with Crippen molar-refractivity contribution in [3.63, 3.8) is 0 Å². The average Bonchev–Trinajstić information content (AvgIpc) is 2.50. The average molecular weight is 301 g/mol. The summed E-state index contributed by atoms with van der Waals surface area (Å²) < 4.78 is 27.2. The maximum absolute atomic E-state index is 11.3. The fraction of sp³-hybridized carbons (Fsp3) is 0.571. The van der Waals surface area contributed by atoms with Crippen molar-refractivity contribution in [2.45, 2.75) is 13.5 Å². The van der Waals surface area contributed by atoms with E-state index in [1.54, 1.807) is 27.4 Å². The lowest BCUT2D eigenvalue weighted by molar-refractivity contribution is 0.347. The van der Waals surface area contributed by atoms with Crippen LogP contribution in [0.25, 0.3) is 0 Å². The molecule has 0 saturated carbocycles. The molecule has 0 saturated heterocycles. The first-order valence-electron chi connectivity index (χ1n) is 6.50. The number of hydrogen-bond donors (Lipinski definition) is 1. The summed E-state index contributed by atoms with van der Waals surface area (Å²) in [5, 5.41) is 3.26. The van der Waals surface area contributed by atoms with Crippen LogP contribution in [0.4, 0.5) is 0 Å². The maximum atomic E-state index is 11.3. The van der Waals surface area contributed by atoms with Gasteiger partial charge in [-0.15, -0.1) is 0 Å². The topological polar surface area (TPSA) is 56.8 Å². The molecular formula is C14H23NO4S.